The summed E-state index contributed by atoms with van der Waals surface area (Å²) in [6.07, 6.45) is 10.8. The molecule has 86 valence electrons. The van der Waals surface area contributed by atoms with Crippen LogP contribution in [0.2, 0.25) is 0 Å². The van der Waals surface area contributed by atoms with E-state index in [1.807, 2.05) is 16.7 Å². The zero-order valence-electron chi connectivity index (χ0n) is 10.1. The van der Waals surface area contributed by atoms with Crippen LogP contribution >= 0.6 is 0 Å². The summed E-state index contributed by atoms with van der Waals surface area (Å²) >= 11 is 0. The van der Waals surface area contributed by atoms with Gasteiger partial charge in [0.1, 0.15) is 0 Å². The Labute approximate surface area is 96.5 Å². The van der Waals surface area contributed by atoms with Crippen molar-refractivity contribution in [1.82, 2.24) is 14.4 Å². The maximum atomic E-state index is 4.60. The lowest BCUT2D eigenvalue weighted by molar-refractivity contribution is 0.550. The fourth-order valence-electron chi connectivity index (χ4n) is 2.18. The van der Waals surface area contributed by atoms with Gasteiger partial charge in [0, 0.05) is 24.5 Å². The van der Waals surface area contributed by atoms with E-state index in [-0.39, 0.29) is 0 Å². The molecule has 2 rings (SSSR count). The fraction of sp³-hybridized carbons (Fsp3) is 0.538. The van der Waals surface area contributed by atoms with E-state index in [1.165, 1.54) is 31.4 Å². The number of hydrogen-bond donors (Lipinski definition) is 0. The zero-order valence-corrected chi connectivity index (χ0v) is 10.1. The van der Waals surface area contributed by atoms with E-state index in [1.54, 1.807) is 6.20 Å². The van der Waals surface area contributed by atoms with Gasteiger partial charge < -0.3 is 0 Å². The van der Waals surface area contributed by atoms with Gasteiger partial charge in [-0.25, -0.2) is 9.97 Å². The van der Waals surface area contributed by atoms with Gasteiger partial charge >= 0.3 is 0 Å². The summed E-state index contributed by atoms with van der Waals surface area (Å²) in [6, 6.07) is 1.94. The van der Waals surface area contributed by atoms with Crippen LogP contribution < -0.4 is 0 Å². The third-order valence-corrected chi connectivity index (χ3v) is 2.95. The number of hydrogen-bond acceptors (Lipinski definition) is 2. The average molecular weight is 217 g/mol. The van der Waals surface area contributed by atoms with Crippen molar-refractivity contribution >= 4 is 5.78 Å². The molecular formula is C13H19N3. The number of nitrogens with zero attached hydrogens (tertiary/aromatic N) is 3. The third-order valence-electron chi connectivity index (χ3n) is 2.95. The van der Waals surface area contributed by atoms with E-state index >= 15 is 0 Å². The van der Waals surface area contributed by atoms with Gasteiger partial charge in [-0.1, -0.05) is 26.7 Å². The number of aromatic nitrogens is 3. The third kappa shape index (κ3) is 2.23. The Morgan fingerprint density at radius 3 is 2.62 bits per heavy atom. The van der Waals surface area contributed by atoms with Gasteiger partial charge in [-0.2, -0.15) is 0 Å². The Morgan fingerprint density at radius 1 is 1.25 bits per heavy atom. The Bertz CT molecular complexity index is 408. The van der Waals surface area contributed by atoms with E-state index in [0.717, 1.165) is 5.78 Å². The second-order valence-corrected chi connectivity index (χ2v) is 4.27. The van der Waals surface area contributed by atoms with Gasteiger partial charge in [0.2, 0.25) is 5.78 Å². The van der Waals surface area contributed by atoms with Crippen molar-refractivity contribution in [3.05, 3.63) is 30.4 Å². The summed E-state index contributed by atoms with van der Waals surface area (Å²) in [4.78, 5) is 8.86. The van der Waals surface area contributed by atoms with Crippen molar-refractivity contribution in [2.75, 3.05) is 0 Å². The van der Waals surface area contributed by atoms with Crippen molar-refractivity contribution in [3.63, 3.8) is 0 Å². The maximum Gasteiger partial charge on any atom is 0.233 e. The minimum absolute atomic E-state index is 0.594. The molecule has 2 heterocycles. The molecule has 3 nitrogen and oxygen atoms in total. The predicted molar refractivity (Wildman–Crippen MR) is 65.5 cm³/mol. The zero-order chi connectivity index (χ0) is 11.4. The Kier molecular flexibility index (Phi) is 3.54. The molecule has 0 bridgehead atoms. The first-order valence-electron chi connectivity index (χ1n) is 6.14. The highest BCUT2D eigenvalue weighted by atomic mass is 15.1. The molecule has 0 aliphatic carbocycles. The van der Waals surface area contributed by atoms with Crippen LogP contribution in [0.1, 0.15) is 51.1 Å². The van der Waals surface area contributed by atoms with E-state index in [9.17, 15) is 0 Å². The molecule has 0 aliphatic heterocycles. The lowest BCUT2D eigenvalue weighted by Gasteiger charge is -2.11. The minimum Gasteiger partial charge on any atom is -0.291 e. The second-order valence-electron chi connectivity index (χ2n) is 4.27. The molecule has 2 aromatic rings. The summed E-state index contributed by atoms with van der Waals surface area (Å²) in [7, 11) is 0. The van der Waals surface area contributed by atoms with Gasteiger partial charge in [-0.05, 0) is 18.9 Å². The highest BCUT2D eigenvalue weighted by Gasteiger charge is 2.13. The van der Waals surface area contributed by atoms with Crippen LogP contribution in [0.4, 0.5) is 0 Å². The van der Waals surface area contributed by atoms with Crippen molar-refractivity contribution < 1.29 is 0 Å². The van der Waals surface area contributed by atoms with Crippen molar-refractivity contribution in [1.29, 1.82) is 0 Å². The van der Waals surface area contributed by atoms with Crippen LogP contribution in [0.3, 0.4) is 0 Å². The van der Waals surface area contributed by atoms with Crippen molar-refractivity contribution in [2.24, 2.45) is 0 Å². The average Bonchev–Trinajstić information content (AvgIpc) is 2.72. The monoisotopic (exact) mass is 217 g/mol. The molecule has 0 unspecified atom stereocenters. The summed E-state index contributed by atoms with van der Waals surface area (Å²) < 4.78 is 2.01. The molecule has 0 aliphatic rings. The summed E-state index contributed by atoms with van der Waals surface area (Å²) in [6.45, 7) is 4.47. The molecule has 0 radical (unpaired) electrons. The molecular weight excluding hydrogens is 198 g/mol. The SMILES string of the molecule is CCCC(CCC)c1cn2cccnc2n1. The van der Waals surface area contributed by atoms with Gasteiger partial charge in [-0.3, -0.25) is 4.40 Å². The Hall–Kier alpha value is -1.38. The lowest BCUT2D eigenvalue weighted by atomic mass is 9.95. The molecule has 0 aromatic carbocycles. The highest BCUT2D eigenvalue weighted by Crippen LogP contribution is 2.25. The van der Waals surface area contributed by atoms with Gasteiger partial charge in [0.15, 0.2) is 0 Å². The number of rotatable bonds is 5. The Balaban J connectivity index is 2.29. The normalized spacial score (nSPS) is 11.4. The Morgan fingerprint density at radius 2 is 2.00 bits per heavy atom. The number of imidazole rings is 1. The molecule has 0 N–H and O–H groups in total. The van der Waals surface area contributed by atoms with Crippen molar-refractivity contribution in [2.45, 2.75) is 45.4 Å². The van der Waals surface area contributed by atoms with Crippen LogP contribution in [-0.4, -0.2) is 14.4 Å². The fourth-order valence-corrected chi connectivity index (χ4v) is 2.18. The van der Waals surface area contributed by atoms with Crippen molar-refractivity contribution in [3.8, 4) is 0 Å². The van der Waals surface area contributed by atoms with Crippen LogP contribution in [0.5, 0.6) is 0 Å². The quantitative estimate of drug-likeness (QED) is 0.768. The topological polar surface area (TPSA) is 30.2 Å². The largest absolute Gasteiger partial charge is 0.291 e. The molecule has 0 spiro atoms. The summed E-state index contributed by atoms with van der Waals surface area (Å²) in [5.41, 5.74) is 1.20. The molecule has 0 saturated carbocycles. The van der Waals surface area contributed by atoms with Crippen LogP contribution in [0.15, 0.2) is 24.7 Å². The van der Waals surface area contributed by atoms with Gasteiger partial charge in [0.25, 0.3) is 0 Å². The summed E-state index contributed by atoms with van der Waals surface area (Å²) in [5, 5.41) is 0. The molecule has 0 saturated heterocycles. The van der Waals surface area contributed by atoms with Crippen LogP contribution in [0, 0.1) is 0 Å². The molecule has 3 heteroatoms. The molecule has 0 atom stereocenters. The molecule has 16 heavy (non-hydrogen) atoms. The second kappa shape index (κ2) is 5.10. The maximum absolute atomic E-state index is 4.60. The highest BCUT2D eigenvalue weighted by molar-refractivity contribution is 5.30. The van der Waals surface area contributed by atoms with Gasteiger partial charge in [-0.15, -0.1) is 0 Å². The van der Waals surface area contributed by atoms with Crippen LogP contribution in [-0.2, 0) is 0 Å². The lowest BCUT2D eigenvalue weighted by Crippen LogP contribution is -1.98. The first-order valence-corrected chi connectivity index (χ1v) is 6.14. The van der Waals surface area contributed by atoms with Gasteiger partial charge in [0.05, 0.1) is 5.69 Å². The first-order chi connectivity index (χ1) is 7.85. The summed E-state index contributed by atoms with van der Waals surface area (Å²) in [5.74, 6) is 1.41. The first kappa shape index (κ1) is 11.1. The number of fused-ring (bicyclic) bond motifs is 1. The molecule has 2 aromatic heterocycles. The standard InChI is InChI=1S/C13H19N3/c1-3-6-11(7-4-2)12-10-16-9-5-8-14-13(16)15-12/h5,8-11H,3-4,6-7H2,1-2H3. The van der Waals surface area contributed by atoms with E-state index < -0.39 is 0 Å². The molecule has 0 fully saturated rings. The predicted octanol–water partition coefficient (Wildman–Crippen LogP) is 3.41. The smallest absolute Gasteiger partial charge is 0.233 e. The van der Waals surface area contributed by atoms with E-state index in [4.69, 9.17) is 0 Å². The van der Waals surface area contributed by atoms with Crippen LogP contribution in [0.25, 0.3) is 5.78 Å². The minimum atomic E-state index is 0.594. The van der Waals surface area contributed by atoms with E-state index in [0.29, 0.717) is 5.92 Å². The van der Waals surface area contributed by atoms with E-state index in [2.05, 4.69) is 30.0 Å². The molecule has 0 amide bonds.